The highest BCUT2D eigenvalue weighted by Gasteiger charge is 2.41. The molecule has 1 N–H and O–H groups in total. The molecule has 180 valence electrons. The van der Waals surface area contributed by atoms with Crippen LogP contribution in [-0.2, 0) is 14.3 Å². The number of nitriles is 1. The predicted octanol–water partition coefficient (Wildman–Crippen LogP) is 3.46. The quantitative estimate of drug-likeness (QED) is 0.569. The van der Waals surface area contributed by atoms with Crippen molar-refractivity contribution in [3.8, 4) is 11.8 Å². The number of esters is 1. The van der Waals surface area contributed by atoms with E-state index in [1.807, 2.05) is 6.92 Å². The van der Waals surface area contributed by atoms with Crippen molar-refractivity contribution in [2.24, 2.45) is 5.92 Å². The molecule has 0 aromatic heterocycles. The summed E-state index contributed by atoms with van der Waals surface area (Å²) in [6, 6.07) is 8.14. The third-order valence-corrected chi connectivity index (χ3v) is 6.14. The van der Waals surface area contributed by atoms with E-state index in [2.05, 4.69) is 11.4 Å². The van der Waals surface area contributed by atoms with E-state index in [0.29, 0.717) is 30.8 Å². The van der Waals surface area contributed by atoms with Crippen molar-refractivity contribution in [2.75, 3.05) is 13.7 Å². The van der Waals surface area contributed by atoms with Gasteiger partial charge in [-0.25, -0.2) is 4.79 Å². The van der Waals surface area contributed by atoms with Gasteiger partial charge in [-0.05, 0) is 44.7 Å². The average molecular weight is 458 g/mol. The molecule has 1 fully saturated rings. The molecule has 0 aliphatic heterocycles. The van der Waals surface area contributed by atoms with Crippen molar-refractivity contribution in [1.29, 1.82) is 5.26 Å². The number of ether oxygens (including phenoxy) is 2. The maximum absolute atomic E-state index is 13.0. The summed E-state index contributed by atoms with van der Waals surface area (Å²) in [5.41, 5.74) is -0.556. The van der Waals surface area contributed by atoms with E-state index in [9.17, 15) is 19.6 Å². The first-order valence-electron chi connectivity index (χ1n) is 11.6. The highest BCUT2D eigenvalue weighted by Crippen LogP contribution is 2.33. The van der Waals surface area contributed by atoms with Crippen molar-refractivity contribution in [3.05, 3.63) is 29.8 Å². The standard InChI is InChI=1S/C25H35N3O5/c1-6-32-20-13-9-8-12-19(20)22(29)27-21(17(2)3)24(31)33-18(4)23(30)28(5)25(16-26)14-10-7-11-15-25/h8-9,12-13,17-18,21H,6-7,10-11,14-15H2,1-5H3,(H,27,29)/t18?,21-/m0/s1. The molecule has 0 spiro atoms. The zero-order valence-corrected chi connectivity index (χ0v) is 20.2. The number of nitrogens with one attached hydrogen (secondary N) is 1. The molecule has 0 bridgehead atoms. The van der Waals surface area contributed by atoms with Crippen molar-refractivity contribution >= 4 is 17.8 Å². The average Bonchev–Trinajstić information content (AvgIpc) is 2.82. The lowest BCUT2D eigenvalue weighted by molar-refractivity contribution is -0.163. The Hall–Kier alpha value is -3.08. The molecule has 1 aromatic rings. The molecule has 2 amide bonds. The molecule has 2 atom stereocenters. The summed E-state index contributed by atoms with van der Waals surface area (Å²) >= 11 is 0. The van der Waals surface area contributed by atoms with Gasteiger partial charge in [-0.2, -0.15) is 5.26 Å². The van der Waals surface area contributed by atoms with Crippen LogP contribution in [-0.4, -0.2) is 54.0 Å². The van der Waals surface area contributed by atoms with Gasteiger partial charge in [0.1, 0.15) is 17.3 Å². The second-order valence-electron chi connectivity index (χ2n) is 8.80. The maximum Gasteiger partial charge on any atom is 0.329 e. The van der Waals surface area contributed by atoms with Gasteiger partial charge >= 0.3 is 5.97 Å². The zero-order chi connectivity index (χ0) is 24.6. The number of carbonyl (C=O) groups is 3. The van der Waals surface area contributed by atoms with Gasteiger partial charge in [0.2, 0.25) is 0 Å². The Kier molecular flexibility index (Phi) is 9.27. The van der Waals surface area contributed by atoms with Crippen molar-refractivity contribution in [3.63, 3.8) is 0 Å². The third-order valence-electron chi connectivity index (χ3n) is 6.14. The molecule has 1 aromatic carbocycles. The van der Waals surface area contributed by atoms with Gasteiger partial charge in [-0.1, -0.05) is 45.2 Å². The van der Waals surface area contributed by atoms with Gasteiger partial charge in [-0.15, -0.1) is 0 Å². The van der Waals surface area contributed by atoms with Crippen LogP contribution in [0.2, 0.25) is 0 Å². The van der Waals surface area contributed by atoms with Gasteiger partial charge in [0, 0.05) is 7.05 Å². The second-order valence-corrected chi connectivity index (χ2v) is 8.80. The largest absolute Gasteiger partial charge is 0.493 e. The van der Waals surface area contributed by atoms with E-state index in [-0.39, 0.29) is 5.92 Å². The molecule has 1 unspecified atom stereocenters. The Morgan fingerprint density at radius 1 is 1.15 bits per heavy atom. The van der Waals surface area contributed by atoms with Crippen LogP contribution in [0, 0.1) is 17.2 Å². The van der Waals surface area contributed by atoms with Gasteiger partial charge in [0.15, 0.2) is 6.10 Å². The van der Waals surface area contributed by atoms with E-state index in [1.165, 1.54) is 11.8 Å². The number of carbonyl (C=O) groups excluding carboxylic acids is 3. The van der Waals surface area contributed by atoms with Crippen LogP contribution in [0.3, 0.4) is 0 Å². The van der Waals surface area contributed by atoms with Crippen LogP contribution in [0.4, 0.5) is 0 Å². The molecular formula is C25H35N3O5. The van der Waals surface area contributed by atoms with E-state index >= 15 is 0 Å². The van der Waals surface area contributed by atoms with E-state index < -0.39 is 35.5 Å². The minimum Gasteiger partial charge on any atom is -0.493 e. The molecule has 1 aliphatic rings. The monoisotopic (exact) mass is 457 g/mol. The number of hydrogen-bond acceptors (Lipinski definition) is 6. The molecule has 33 heavy (non-hydrogen) atoms. The number of nitrogens with zero attached hydrogens (tertiary/aromatic N) is 2. The van der Waals surface area contributed by atoms with Crippen molar-refractivity contribution in [1.82, 2.24) is 10.2 Å². The molecule has 8 heteroatoms. The molecule has 2 rings (SSSR count). The first kappa shape index (κ1) is 26.2. The SMILES string of the molecule is CCOc1ccccc1C(=O)N[C@H](C(=O)OC(C)C(=O)N(C)C1(C#N)CCCCC1)C(C)C. The first-order chi connectivity index (χ1) is 15.7. The fourth-order valence-corrected chi connectivity index (χ4v) is 4.09. The van der Waals surface area contributed by atoms with Gasteiger partial charge in [-0.3, -0.25) is 9.59 Å². The lowest BCUT2D eigenvalue weighted by Gasteiger charge is -2.40. The molecular weight excluding hydrogens is 422 g/mol. The fourth-order valence-electron chi connectivity index (χ4n) is 4.09. The van der Waals surface area contributed by atoms with Crippen LogP contribution in [0.5, 0.6) is 5.75 Å². The van der Waals surface area contributed by atoms with Crippen LogP contribution in [0.15, 0.2) is 24.3 Å². The minimum atomic E-state index is -1.08. The first-order valence-corrected chi connectivity index (χ1v) is 11.6. The smallest absolute Gasteiger partial charge is 0.329 e. The lowest BCUT2D eigenvalue weighted by atomic mass is 9.81. The number of hydrogen-bond donors (Lipinski definition) is 1. The Morgan fingerprint density at radius 3 is 2.36 bits per heavy atom. The molecule has 1 aliphatic carbocycles. The fraction of sp³-hybridized carbons (Fsp3) is 0.600. The van der Waals surface area contributed by atoms with Gasteiger partial charge < -0.3 is 19.7 Å². The molecule has 1 saturated carbocycles. The number of rotatable bonds is 9. The Balaban J connectivity index is 2.09. The van der Waals surface area contributed by atoms with Crippen molar-refractivity contribution < 1.29 is 23.9 Å². The predicted molar refractivity (Wildman–Crippen MR) is 123 cm³/mol. The van der Waals surface area contributed by atoms with E-state index in [1.54, 1.807) is 45.2 Å². The summed E-state index contributed by atoms with van der Waals surface area (Å²) in [4.78, 5) is 40.2. The van der Waals surface area contributed by atoms with E-state index in [4.69, 9.17) is 9.47 Å². The lowest BCUT2D eigenvalue weighted by Crippen LogP contribution is -2.54. The maximum atomic E-state index is 13.0. The number of benzene rings is 1. The topological polar surface area (TPSA) is 109 Å². The number of amides is 2. The molecule has 0 saturated heterocycles. The van der Waals surface area contributed by atoms with Gasteiger partial charge in [0.25, 0.3) is 11.8 Å². The Bertz CT molecular complexity index is 886. The third kappa shape index (κ3) is 6.25. The summed E-state index contributed by atoms with van der Waals surface area (Å²) in [5.74, 6) is -1.44. The highest BCUT2D eigenvalue weighted by molar-refractivity contribution is 5.99. The summed E-state index contributed by atoms with van der Waals surface area (Å²) in [6.07, 6.45) is 2.93. The Morgan fingerprint density at radius 2 is 1.79 bits per heavy atom. The number of likely N-dealkylation sites (N-methyl/N-ethyl adjacent to an activating group) is 1. The normalized spacial score (nSPS) is 16.8. The van der Waals surface area contributed by atoms with Crippen molar-refractivity contribution in [2.45, 2.75) is 77.5 Å². The van der Waals surface area contributed by atoms with Gasteiger partial charge in [0.05, 0.1) is 18.2 Å². The second kappa shape index (κ2) is 11.7. The summed E-state index contributed by atoms with van der Waals surface area (Å²) in [5, 5.41) is 12.5. The number of para-hydroxylation sites is 1. The highest BCUT2D eigenvalue weighted by atomic mass is 16.5. The Labute approximate surface area is 196 Å². The van der Waals surface area contributed by atoms with E-state index in [0.717, 1.165) is 19.3 Å². The minimum absolute atomic E-state index is 0.274. The summed E-state index contributed by atoms with van der Waals surface area (Å²) in [6.45, 7) is 7.28. The zero-order valence-electron chi connectivity index (χ0n) is 20.2. The van der Waals surface area contributed by atoms with Crippen LogP contribution >= 0.6 is 0 Å². The van der Waals surface area contributed by atoms with Crippen LogP contribution in [0.25, 0.3) is 0 Å². The summed E-state index contributed by atoms with van der Waals surface area (Å²) in [7, 11) is 1.59. The molecule has 0 radical (unpaired) electrons. The molecule has 8 nitrogen and oxygen atoms in total. The van der Waals surface area contributed by atoms with Crippen LogP contribution in [0.1, 0.15) is 70.2 Å². The molecule has 0 heterocycles. The summed E-state index contributed by atoms with van der Waals surface area (Å²) < 4.78 is 11.0. The van der Waals surface area contributed by atoms with Crippen LogP contribution < -0.4 is 10.1 Å².